The van der Waals surface area contributed by atoms with Gasteiger partial charge in [-0.05, 0) is 30.9 Å². The molecule has 1 heterocycles. The Balaban J connectivity index is 2.31. The predicted octanol–water partition coefficient (Wildman–Crippen LogP) is 1.90. The molecule has 1 aromatic carbocycles. The van der Waals surface area contributed by atoms with E-state index in [1.807, 2.05) is 12.1 Å². The van der Waals surface area contributed by atoms with Crippen LogP contribution >= 0.6 is 0 Å². The molecule has 1 unspecified atom stereocenters. The molecule has 0 radical (unpaired) electrons. The number of urea groups is 1. The molecule has 0 aromatic heterocycles. The Bertz CT molecular complexity index is 376. The third-order valence-electron chi connectivity index (χ3n) is 3.11. The molecule has 2 rings (SSSR count). The summed E-state index contributed by atoms with van der Waals surface area (Å²) >= 11 is 0. The van der Waals surface area contributed by atoms with Gasteiger partial charge in [0, 0.05) is 12.6 Å². The summed E-state index contributed by atoms with van der Waals surface area (Å²) in [6.07, 6.45) is 2.01. The second kappa shape index (κ2) is 3.93. The lowest BCUT2D eigenvalue weighted by atomic mass is 10.0. The average Bonchev–Trinajstić information content (AvgIpc) is 2.39. The minimum atomic E-state index is -0.320. The van der Waals surface area contributed by atoms with Gasteiger partial charge in [-0.3, -0.25) is 0 Å². The molecule has 0 spiro atoms. The van der Waals surface area contributed by atoms with Crippen LogP contribution in [0, 0.1) is 0 Å². The number of aryl methyl sites for hydroxylation is 1. The van der Waals surface area contributed by atoms with Gasteiger partial charge in [-0.2, -0.15) is 0 Å². The maximum atomic E-state index is 11.3. The highest BCUT2D eigenvalue weighted by molar-refractivity contribution is 5.72. The molecular weight excluding hydrogens is 188 g/mol. The summed E-state index contributed by atoms with van der Waals surface area (Å²) in [7, 11) is 0. The molecule has 2 N–H and O–H groups in total. The summed E-state index contributed by atoms with van der Waals surface area (Å²) in [5.41, 5.74) is 7.93. The van der Waals surface area contributed by atoms with Crippen LogP contribution in [0.5, 0.6) is 0 Å². The van der Waals surface area contributed by atoms with Gasteiger partial charge in [0.25, 0.3) is 0 Å². The van der Waals surface area contributed by atoms with Crippen LogP contribution in [0.4, 0.5) is 4.79 Å². The van der Waals surface area contributed by atoms with Gasteiger partial charge < -0.3 is 10.6 Å². The lowest BCUT2D eigenvalue weighted by Gasteiger charge is -2.25. The zero-order valence-electron chi connectivity index (χ0n) is 8.94. The Hall–Kier alpha value is -1.51. The second-order valence-corrected chi connectivity index (χ2v) is 4.12. The first-order valence-electron chi connectivity index (χ1n) is 5.31. The highest BCUT2D eigenvalue weighted by Gasteiger charge is 2.22. The van der Waals surface area contributed by atoms with E-state index in [-0.39, 0.29) is 12.1 Å². The molecule has 0 saturated carbocycles. The lowest BCUT2D eigenvalue weighted by molar-refractivity contribution is 0.184. The summed E-state index contributed by atoms with van der Waals surface area (Å²) in [6, 6.07) is 8.17. The molecule has 0 bridgehead atoms. The number of carbonyl (C=O) groups is 1. The quantitative estimate of drug-likeness (QED) is 0.689. The topological polar surface area (TPSA) is 46.3 Å². The molecule has 1 aliphatic rings. The molecule has 0 fully saturated rings. The zero-order valence-corrected chi connectivity index (χ0v) is 8.94. The van der Waals surface area contributed by atoms with Crippen LogP contribution in [0.3, 0.4) is 0 Å². The maximum Gasteiger partial charge on any atom is 0.315 e. The molecule has 0 saturated heterocycles. The van der Waals surface area contributed by atoms with Gasteiger partial charge in [0.1, 0.15) is 0 Å². The van der Waals surface area contributed by atoms with Gasteiger partial charge in [0.15, 0.2) is 0 Å². The Labute approximate surface area is 89.9 Å². The maximum absolute atomic E-state index is 11.3. The normalized spacial score (nSPS) is 20.6. The number of primary amides is 1. The van der Waals surface area contributed by atoms with Crippen LogP contribution in [-0.4, -0.2) is 17.0 Å². The summed E-state index contributed by atoms with van der Waals surface area (Å²) < 4.78 is 0. The van der Waals surface area contributed by atoms with Crippen molar-refractivity contribution in [3.8, 4) is 0 Å². The number of hydrogen-bond donors (Lipinski definition) is 1. The van der Waals surface area contributed by atoms with Crippen LogP contribution in [0.15, 0.2) is 24.3 Å². The molecular formula is C12H16N2O. The predicted molar refractivity (Wildman–Crippen MR) is 59.4 cm³/mol. The fourth-order valence-corrected chi connectivity index (χ4v) is 2.11. The van der Waals surface area contributed by atoms with E-state index in [2.05, 4.69) is 19.1 Å². The number of hydrogen-bond acceptors (Lipinski definition) is 1. The largest absolute Gasteiger partial charge is 0.351 e. The van der Waals surface area contributed by atoms with Crippen molar-refractivity contribution < 1.29 is 4.79 Å². The Morgan fingerprint density at radius 1 is 1.40 bits per heavy atom. The van der Waals surface area contributed by atoms with Gasteiger partial charge >= 0.3 is 6.03 Å². The SMILES string of the molecule is CC1CCc2ccccc2CN1C(N)=O. The van der Waals surface area contributed by atoms with E-state index < -0.39 is 0 Å². The molecule has 1 aliphatic heterocycles. The molecule has 15 heavy (non-hydrogen) atoms. The van der Waals surface area contributed by atoms with Crippen molar-refractivity contribution in [2.45, 2.75) is 32.4 Å². The van der Waals surface area contributed by atoms with Gasteiger partial charge in [-0.15, -0.1) is 0 Å². The Morgan fingerprint density at radius 2 is 2.07 bits per heavy atom. The second-order valence-electron chi connectivity index (χ2n) is 4.12. The van der Waals surface area contributed by atoms with E-state index in [1.165, 1.54) is 11.1 Å². The first kappa shape index (κ1) is 10.0. The lowest BCUT2D eigenvalue weighted by Crippen LogP contribution is -2.40. The van der Waals surface area contributed by atoms with E-state index >= 15 is 0 Å². The average molecular weight is 204 g/mol. The third kappa shape index (κ3) is 1.96. The molecule has 1 atom stereocenters. The number of benzene rings is 1. The smallest absolute Gasteiger partial charge is 0.315 e. The van der Waals surface area contributed by atoms with Crippen molar-refractivity contribution in [2.75, 3.05) is 0 Å². The van der Waals surface area contributed by atoms with Crippen molar-refractivity contribution in [3.05, 3.63) is 35.4 Å². The van der Waals surface area contributed by atoms with E-state index in [0.29, 0.717) is 6.54 Å². The summed E-state index contributed by atoms with van der Waals surface area (Å²) in [4.78, 5) is 13.0. The number of nitrogens with zero attached hydrogens (tertiary/aromatic N) is 1. The molecule has 2 amide bonds. The molecule has 0 aliphatic carbocycles. The van der Waals surface area contributed by atoms with E-state index in [1.54, 1.807) is 4.90 Å². The monoisotopic (exact) mass is 204 g/mol. The van der Waals surface area contributed by atoms with Crippen LogP contribution in [0.1, 0.15) is 24.5 Å². The number of fused-ring (bicyclic) bond motifs is 1. The fraction of sp³-hybridized carbons (Fsp3) is 0.417. The van der Waals surface area contributed by atoms with E-state index in [0.717, 1.165) is 12.8 Å². The number of carbonyl (C=O) groups excluding carboxylic acids is 1. The van der Waals surface area contributed by atoms with Gasteiger partial charge in [0.05, 0.1) is 0 Å². The first-order valence-corrected chi connectivity index (χ1v) is 5.31. The molecule has 3 heteroatoms. The van der Waals surface area contributed by atoms with Crippen LogP contribution in [0.2, 0.25) is 0 Å². The van der Waals surface area contributed by atoms with E-state index in [9.17, 15) is 4.79 Å². The minimum Gasteiger partial charge on any atom is -0.351 e. The molecule has 80 valence electrons. The third-order valence-corrected chi connectivity index (χ3v) is 3.11. The summed E-state index contributed by atoms with van der Waals surface area (Å²) in [5.74, 6) is 0. The van der Waals surface area contributed by atoms with Crippen LogP contribution in [-0.2, 0) is 13.0 Å². The van der Waals surface area contributed by atoms with Crippen molar-refractivity contribution >= 4 is 6.03 Å². The first-order chi connectivity index (χ1) is 7.18. The van der Waals surface area contributed by atoms with Crippen molar-refractivity contribution in [2.24, 2.45) is 5.73 Å². The van der Waals surface area contributed by atoms with Crippen LogP contribution < -0.4 is 5.73 Å². The van der Waals surface area contributed by atoms with Crippen molar-refractivity contribution in [1.82, 2.24) is 4.90 Å². The molecule has 1 aromatic rings. The van der Waals surface area contributed by atoms with Crippen molar-refractivity contribution in [3.63, 3.8) is 0 Å². The number of nitrogens with two attached hydrogens (primary N) is 1. The standard InChI is InChI=1S/C12H16N2O/c1-9-6-7-10-4-2-3-5-11(10)8-14(9)12(13)15/h2-5,9H,6-8H2,1H3,(H2,13,15). The Morgan fingerprint density at radius 3 is 2.73 bits per heavy atom. The fourth-order valence-electron chi connectivity index (χ4n) is 2.11. The van der Waals surface area contributed by atoms with Crippen LogP contribution in [0.25, 0.3) is 0 Å². The molecule has 3 nitrogen and oxygen atoms in total. The number of amides is 2. The zero-order chi connectivity index (χ0) is 10.8. The van der Waals surface area contributed by atoms with Gasteiger partial charge in [-0.25, -0.2) is 4.79 Å². The summed E-state index contributed by atoms with van der Waals surface area (Å²) in [5, 5.41) is 0. The highest BCUT2D eigenvalue weighted by atomic mass is 16.2. The van der Waals surface area contributed by atoms with E-state index in [4.69, 9.17) is 5.73 Å². The highest BCUT2D eigenvalue weighted by Crippen LogP contribution is 2.21. The Kier molecular flexibility index (Phi) is 2.62. The van der Waals surface area contributed by atoms with Crippen molar-refractivity contribution in [1.29, 1.82) is 0 Å². The summed E-state index contributed by atoms with van der Waals surface area (Å²) in [6.45, 7) is 2.70. The van der Waals surface area contributed by atoms with Gasteiger partial charge in [-0.1, -0.05) is 24.3 Å². The van der Waals surface area contributed by atoms with Gasteiger partial charge in [0.2, 0.25) is 0 Å². The number of rotatable bonds is 0. The minimum absolute atomic E-state index is 0.231.